The van der Waals surface area contributed by atoms with Crippen LogP contribution in [0.1, 0.15) is 11.3 Å². The van der Waals surface area contributed by atoms with Crippen LogP contribution in [0.2, 0.25) is 0 Å². The van der Waals surface area contributed by atoms with E-state index in [9.17, 15) is 9.59 Å². The van der Waals surface area contributed by atoms with Crippen LogP contribution < -0.4 is 10.1 Å². The molecule has 2 N–H and O–H groups in total. The number of aromatic nitrogens is 1. The molecule has 0 unspecified atom stereocenters. The number of para-hydroxylation sites is 1. The molecule has 0 aliphatic rings. The van der Waals surface area contributed by atoms with Crippen molar-refractivity contribution in [2.24, 2.45) is 0 Å². The van der Waals surface area contributed by atoms with E-state index in [1.165, 1.54) is 11.3 Å². The maximum Gasteiger partial charge on any atom is 0.307 e. The van der Waals surface area contributed by atoms with E-state index in [1.54, 1.807) is 24.3 Å². The van der Waals surface area contributed by atoms with E-state index >= 15 is 0 Å². The largest absolute Gasteiger partial charge is 0.483 e. The lowest BCUT2D eigenvalue weighted by Crippen LogP contribution is -2.20. The summed E-state index contributed by atoms with van der Waals surface area (Å²) < 4.78 is 5.38. The highest BCUT2D eigenvalue weighted by atomic mass is 32.1. The van der Waals surface area contributed by atoms with Crippen molar-refractivity contribution >= 4 is 28.3 Å². The van der Waals surface area contributed by atoms with Gasteiger partial charge in [0.2, 0.25) is 0 Å². The van der Waals surface area contributed by atoms with Gasteiger partial charge in [0.25, 0.3) is 5.91 Å². The van der Waals surface area contributed by atoms with Gasteiger partial charge in [0.15, 0.2) is 11.7 Å². The second kappa shape index (κ2) is 6.85. The fourth-order valence-corrected chi connectivity index (χ4v) is 2.37. The number of anilines is 1. The molecule has 2 rings (SSSR count). The highest BCUT2D eigenvalue weighted by Crippen LogP contribution is 2.19. The smallest absolute Gasteiger partial charge is 0.307 e. The maximum atomic E-state index is 11.7. The normalized spacial score (nSPS) is 10.1. The first-order valence-electron chi connectivity index (χ1n) is 6.19. The Labute approximate surface area is 125 Å². The summed E-state index contributed by atoms with van der Waals surface area (Å²) in [6, 6.07) is 6.75. The Morgan fingerprint density at radius 3 is 2.81 bits per heavy atom. The van der Waals surface area contributed by atoms with Gasteiger partial charge < -0.3 is 9.84 Å². The zero-order valence-electron chi connectivity index (χ0n) is 11.3. The number of carbonyl (C=O) groups excluding carboxylic acids is 1. The minimum Gasteiger partial charge on any atom is -0.483 e. The highest BCUT2D eigenvalue weighted by Gasteiger charge is 2.10. The van der Waals surface area contributed by atoms with E-state index in [2.05, 4.69) is 10.3 Å². The van der Waals surface area contributed by atoms with Crippen molar-refractivity contribution in [3.8, 4) is 5.75 Å². The summed E-state index contributed by atoms with van der Waals surface area (Å²) in [7, 11) is 0. The third kappa shape index (κ3) is 4.57. The first-order valence-corrected chi connectivity index (χ1v) is 7.07. The van der Waals surface area contributed by atoms with E-state index in [0.717, 1.165) is 5.69 Å². The number of carboxylic acid groups (broad SMARTS) is 1. The van der Waals surface area contributed by atoms with E-state index in [4.69, 9.17) is 9.84 Å². The van der Waals surface area contributed by atoms with E-state index < -0.39 is 5.97 Å². The van der Waals surface area contributed by atoms with Gasteiger partial charge in [0.05, 0.1) is 12.1 Å². The van der Waals surface area contributed by atoms with Crippen LogP contribution in [0.4, 0.5) is 5.13 Å². The average Bonchev–Trinajstić information content (AvgIpc) is 2.82. The van der Waals surface area contributed by atoms with E-state index in [0.29, 0.717) is 16.4 Å². The Morgan fingerprint density at radius 2 is 2.14 bits per heavy atom. The maximum absolute atomic E-state index is 11.7. The van der Waals surface area contributed by atoms with Crippen LogP contribution in [-0.4, -0.2) is 28.6 Å². The van der Waals surface area contributed by atoms with Crippen molar-refractivity contribution in [3.05, 3.63) is 40.9 Å². The van der Waals surface area contributed by atoms with Crippen LogP contribution in [0.5, 0.6) is 5.75 Å². The summed E-state index contributed by atoms with van der Waals surface area (Å²) in [6.45, 7) is 1.64. The van der Waals surface area contributed by atoms with Crippen molar-refractivity contribution in [1.82, 2.24) is 4.98 Å². The predicted octanol–water partition coefficient (Wildman–Crippen LogP) is 2.10. The molecule has 0 saturated heterocycles. The molecule has 1 heterocycles. The number of carboxylic acids is 1. The van der Waals surface area contributed by atoms with Gasteiger partial charge in [-0.2, -0.15) is 0 Å². The monoisotopic (exact) mass is 306 g/mol. The highest BCUT2D eigenvalue weighted by molar-refractivity contribution is 7.13. The number of thiazole rings is 1. The number of amides is 1. The number of hydrogen-bond acceptors (Lipinski definition) is 5. The number of aryl methyl sites for hydroxylation is 1. The van der Waals surface area contributed by atoms with Crippen LogP contribution in [0.15, 0.2) is 29.6 Å². The van der Waals surface area contributed by atoms with Crippen LogP contribution in [0.3, 0.4) is 0 Å². The quantitative estimate of drug-likeness (QED) is 0.853. The van der Waals surface area contributed by atoms with Crippen molar-refractivity contribution in [2.75, 3.05) is 11.9 Å². The first kappa shape index (κ1) is 15.0. The van der Waals surface area contributed by atoms with Crippen LogP contribution in [0, 0.1) is 6.92 Å². The minimum absolute atomic E-state index is 0.149. The number of carbonyl (C=O) groups is 2. The Morgan fingerprint density at radius 1 is 1.38 bits per heavy atom. The molecule has 0 bridgehead atoms. The van der Waals surface area contributed by atoms with Gasteiger partial charge >= 0.3 is 5.97 Å². The Balaban J connectivity index is 1.93. The fraction of sp³-hybridized carbons (Fsp3) is 0.214. The van der Waals surface area contributed by atoms with Crippen LogP contribution in [-0.2, 0) is 16.0 Å². The number of benzene rings is 1. The topological polar surface area (TPSA) is 88.5 Å². The molecule has 0 aliphatic heterocycles. The standard InChI is InChI=1S/C14H14N2O4S/c1-9-8-21-14(15-9)16-12(17)7-20-11-5-3-2-4-10(11)6-13(18)19/h2-5,8H,6-7H2,1H3,(H,18,19)(H,15,16,17). The van der Waals surface area contributed by atoms with Gasteiger partial charge in [-0.05, 0) is 13.0 Å². The molecule has 0 atom stereocenters. The molecule has 0 aliphatic carbocycles. The number of ether oxygens (including phenoxy) is 1. The molecule has 7 heteroatoms. The molecule has 0 radical (unpaired) electrons. The minimum atomic E-state index is -0.950. The third-order valence-corrected chi connectivity index (χ3v) is 3.41. The summed E-state index contributed by atoms with van der Waals surface area (Å²) >= 11 is 1.33. The van der Waals surface area contributed by atoms with Gasteiger partial charge in [-0.25, -0.2) is 4.98 Å². The average molecular weight is 306 g/mol. The molecule has 0 spiro atoms. The summed E-state index contributed by atoms with van der Waals surface area (Å²) in [5.74, 6) is -0.895. The number of nitrogens with one attached hydrogen (secondary N) is 1. The Bertz CT molecular complexity index is 654. The number of hydrogen-bond donors (Lipinski definition) is 2. The van der Waals surface area contributed by atoms with E-state index in [-0.39, 0.29) is 18.9 Å². The fourth-order valence-electron chi connectivity index (χ4n) is 1.66. The second-order valence-corrected chi connectivity index (χ2v) is 5.17. The molecular formula is C14H14N2O4S. The van der Waals surface area contributed by atoms with Crippen molar-refractivity contribution < 1.29 is 19.4 Å². The van der Waals surface area contributed by atoms with Gasteiger partial charge in [0, 0.05) is 10.9 Å². The van der Waals surface area contributed by atoms with Gasteiger partial charge in [-0.3, -0.25) is 14.9 Å². The number of nitrogens with zero attached hydrogens (tertiary/aromatic N) is 1. The summed E-state index contributed by atoms with van der Waals surface area (Å²) in [6.07, 6.45) is -0.149. The molecule has 1 aromatic heterocycles. The Hall–Kier alpha value is -2.41. The molecule has 0 fully saturated rings. The Kier molecular flexibility index (Phi) is 4.89. The number of aliphatic carboxylic acids is 1. The molecule has 6 nitrogen and oxygen atoms in total. The lowest BCUT2D eigenvalue weighted by atomic mass is 10.1. The predicted molar refractivity (Wildman–Crippen MR) is 78.8 cm³/mol. The summed E-state index contributed by atoms with van der Waals surface area (Å²) in [5.41, 5.74) is 1.37. The number of rotatable bonds is 6. The summed E-state index contributed by atoms with van der Waals surface area (Å²) in [5, 5.41) is 13.8. The lowest BCUT2D eigenvalue weighted by molar-refractivity contribution is -0.136. The molecule has 110 valence electrons. The molecule has 1 aromatic carbocycles. The molecule has 1 amide bonds. The molecule has 2 aromatic rings. The SMILES string of the molecule is Cc1csc(NC(=O)COc2ccccc2CC(=O)O)n1. The summed E-state index contributed by atoms with van der Waals surface area (Å²) in [4.78, 5) is 26.6. The molecule has 21 heavy (non-hydrogen) atoms. The zero-order chi connectivity index (χ0) is 15.2. The van der Waals surface area contributed by atoms with Crippen molar-refractivity contribution in [2.45, 2.75) is 13.3 Å². The molecular weight excluding hydrogens is 292 g/mol. The van der Waals surface area contributed by atoms with Gasteiger partial charge in [-0.15, -0.1) is 11.3 Å². The van der Waals surface area contributed by atoms with Crippen LogP contribution in [0.25, 0.3) is 0 Å². The van der Waals surface area contributed by atoms with Gasteiger partial charge in [-0.1, -0.05) is 18.2 Å². The zero-order valence-corrected chi connectivity index (χ0v) is 12.1. The molecule has 0 saturated carbocycles. The van der Waals surface area contributed by atoms with E-state index in [1.807, 2.05) is 12.3 Å². The third-order valence-electron chi connectivity index (χ3n) is 2.54. The lowest BCUT2D eigenvalue weighted by Gasteiger charge is -2.09. The second-order valence-electron chi connectivity index (χ2n) is 4.31. The van der Waals surface area contributed by atoms with Crippen molar-refractivity contribution in [1.29, 1.82) is 0 Å². The first-order chi connectivity index (χ1) is 10.0. The van der Waals surface area contributed by atoms with Crippen molar-refractivity contribution in [3.63, 3.8) is 0 Å². The van der Waals surface area contributed by atoms with Gasteiger partial charge in [0.1, 0.15) is 5.75 Å². The van der Waals surface area contributed by atoms with Crippen LogP contribution >= 0.6 is 11.3 Å².